The highest BCUT2D eigenvalue weighted by Crippen LogP contribution is 2.24. The first kappa shape index (κ1) is 17.9. The summed E-state index contributed by atoms with van der Waals surface area (Å²) in [5.74, 6) is 0. The molecule has 0 aliphatic carbocycles. The molecule has 1 saturated heterocycles. The summed E-state index contributed by atoms with van der Waals surface area (Å²) >= 11 is 0. The predicted molar refractivity (Wildman–Crippen MR) is 111 cm³/mol. The van der Waals surface area contributed by atoms with Crippen LogP contribution >= 0.6 is 0 Å². The summed E-state index contributed by atoms with van der Waals surface area (Å²) in [7, 11) is 0. The van der Waals surface area contributed by atoms with Crippen molar-refractivity contribution >= 4 is 10.8 Å². The molecule has 0 N–H and O–H groups in total. The number of likely N-dealkylation sites (tertiary alicyclic amines) is 1. The third-order valence-electron chi connectivity index (χ3n) is 5.46. The van der Waals surface area contributed by atoms with E-state index in [-0.39, 0.29) is 5.56 Å². The molecule has 0 unspecified atom stereocenters. The lowest BCUT2D eigenvalue weighted by molar-refractivity contribution is 0.223. The van der Waals surface area contributed by atoms with Crippen LogP contribution in [0.4, 0.5) is 0 Å². The van der Waals surface area contributed by atoms with E-state index < -0.39 is 0 Å². The van der Waals surface area contributed by atoms with Crippen molar-refractivity contribution in [1.29, 1.82) is 0 Å². The van der Waals surface area contributed by atoms with Gasteiger partial charge in [0, 0.05) is 17.5 Å². The fraction of sp³-hybridized carbons (Fsp3) is 0.391. The second kappa shape index (κ2) is 8.49. The van der Waals surface area contributed by atoms with E-state index >= 15 is 0 Å². The minimum absolute atomic E-state index is 0.0169. The Hall–Kier alpha value is -2.46. The fourth-order valence-electron chi connectivity index (χ4n) is 3.98. The van der Waals surface area contributed by atoms with Gasteiger partial charge in [-0.15, -0.1) is 0 Å². The zero-order chi connectivity index (χ0) is 18.5. The van der Waals surface area contributed by atoms with Gasteiger partial charge in [-0.05, 0) is 51.4 Å². The standard InChI is InChI=1S/C23H27N3O/c27-23-21-14-6-5-13-20(21)22(19-11-3-1-4-12-19)24-26(23)18-10-9-17-25-15-7-2-8-16-25/h1,3-6,11-14H,2,7-10,15-18H2. The smallest absolute Gasteiger partial charge is 0.274 e. The Morgan fingerprint density at radius 3 is 2.22 bits per heavy atom. The van der Waals surface area contributed by atoms with E-state index in [1.54, 1.807) is 4.68 Å². The molecule has 4 heteroatoms. The number of hydrogen-bond donors (Lipinski definition) is 0. The molecule has 27 heavy (non-hydrogen) atoms. The molecule has 2 heterocycles. The van der Waals surface area contributed by atoms with Crippen LogP contribution in [0.3, 0.4) is 0 Å². The number of piperidine rings is 1. The fourth-order valence-corrected chi connectivity index (χ4v) is 3.98. The van der Waals surface area contributed by atoms with Crippen LogP contribution in [-0.2, 0) is 6.54 Å². The lowest BCUT2D eigenvalue weighted by Gasteiger charge is -2.26. The van der Waals surface area contributed by atoms with Crippen molar-refractivity contribution in [2.45, 2.75) is 38.6 Å². The Balaban J connectivity index is 1.55. The summed E-state index contributed by atoms with van der Waals surface area (Å²) in [6, 6.07) is 17.9. The zero-order valence-corrected chi connectivity index (χ0v) is 15.8. The van der Waals surface area contributed by atoms with Crippen molar-refractivity contribution < 1.29 is 0 Å². The van der Waals surface area contributed by atoms with Crippen molar-refractivity contribution in [3.8, 4) is 11.3 Å². The van der Waals surface area contributed by atoms with Gasteiger partial charge in [0.15, 0.2) is 0 Å². The van der Waals surface area contributed by atoms with Crippen LogP contribution in [0.2, 0.25) is 0 Å². The number of fused-ring (bicyclic) bond motifs is 1. The van der Waals surface area contributed by atoms with Crippen LogP contribution in [-0.4, -0.2) is 34.3 Å². The maximum Gasteiger partial charge on any atom is 0.274 e. The van der Waals surface area contributed by atoms with Gasteiger partial charge in [-0.3, -0.25) is 4.79 Å². The topological polar surface area (TPSA) is 38.1 Å². The highest BCUT2D eigenvalue weighted by Gasteiger charge is 2.12. The molecule has 1 fully saturated rings. The molecule has 140 valence electrons. The number of aromatic nitrogens is 2. The van der Waals surface area contributed by atoms with Gasteiger partial charge in [-0.1, -0.05) is 55.0 Å². The Kier molecular flexibility index (Phi) is 5.64. The average molecular weight is 361 g/mol. The molecule has 4 rings (SSSR count). The Labute approximate surface area is 160 Å². The quantitative estimate of drug-likeness (QED) is 0.613. The third-order valence-corrected chi connectivity index (χ3v) is 5.46. The molecule has 4 nitrogen and oxygen atoms in total. The van der Waals surface area contributed by atoms with E-state index in [0.717, 1.165) is 41.4 Å². The van der Waals surface area contributed by atoms with Crippen LogP contribution in [0.25, 0.3) is 22.0 Å². The summed E-state index contributed by atoms with van der Waals surface area (Å²) < 4.78 is 1.67. The number of hydrogen-bond acceptors (Lipinski definition) is 3. The summed E-state index contributed by atoms with van der Waals surface area (Å²) in [5.41, 5.74) is 1.96. The Morgan fingerprint density at radius 2 is 1.44 bits per heavy atom. The van der Waals surface area contributed by atoms with Crippen LogP contribution in [0.5, 0.6) is 0 Å². The van der Waals surface area contributed by atoms with Gasteiger partial charge in [0.05, 0.1) is 11.1 Å². The molecule has 0 atom stereocenters. The molecule has 1 aromatic heterocycles. The van der Waals surface area contributed by atoms with Crippen LogP contribution in [0.1, 0.15) is 32.1 Å². The molecule has 2 aromatic carbocycles. The van der Waals surface area contributed by atoms with Gasteiger partial charge >= 0.3 is 0 Å². The highest BCUT2D eigenvalue weighted by molar-refractivity contribution is 5.93. The molecular formula is C23H27N3O. The first-order chi connectivity index (χ1) is 13.3. The van der Waals surface area contributed by atoms with Crippen molar-refractivity contribution in [3.05, 3.63) is 65.0 Å². The molecule has 0 spiro atoms. The summed E-state index contributed by atoms with van der Waals surface area (Å²) in [6.07, 6.45) is 6.12. The van der Waals surface area contributed by atoms with E-state index in [4.69, 9.17) is 5.10 Å². The average Bonchev–Trinajstić information content (AvgIpc) is 2.74. The molecule has 0 radical (unpaired) electrons. The van der Waals surface area contributed by atoms with E-state index in [1.807, 2.05) is 42.5 Å². The molecule has 3 aromatic rings. The summed E-state index contributed by atoms with van der Waals surface area (Å²) in [5, 5.41) is 6.43. The van der Waals surface area contributed by atoms with Crippen molar-refractivity contribution in [2.75, 3.05) is 19.6 Å². The van der Waals surface area contributed by atoms with E-state index in [2.05, 4.69) is 17.0 Å². The minimum Gasteiger partial charge on any atom is -0.303 e. The van der Waals surface area contributed by atoms with Gasteiger partial charge in [0.1, 0.15) is 0 Å². The van der Waals surface area contributed by atoms with Crippen LogP contribution < -0.4 is 5.56 Å². The molecular weight excluding hydrogens is 334 g/mol. The summed E-state index contributed by atoms with van der Waals surface area (Å²) in [6.45, 7) is 4.27. The largest absolute Gasteiger partial charge is 0.303 e. The van der Waals surface area contributed by atoms with Gasteiger partial charge in [-0.2, -0.15) is 5.10 Å². The lowest BCUT2D eigenvalue weighted by atomic mass is 10.1. The van der Waals surface area contributed by atoms with Crippen LogP contribution in [0, 0.1) is 0 Å². The highest BCUT2D eigenvalue weighted by atomic mass is 16.1. The number of benzene rings is 2. The third kappa shape index (κ3) is 4.11. The maximum absolute atomic E-state index is 12.9. The summed E-state index contributed by atoms with van der Waals surface area (Å²) in [4.78, 5) is 15.4. The van der Waals surface area contributed by atoms with Gasteiger partial charge in [0.25, 0.3) is 5.56 Å². The zero-order valence-electron chi connectivity index (χ0n) is 15.8. The van der Waals surface area contributed by atoms with Crippen molar-refractivity contribution in [2.24, 2.45) is 0 Å². The van der Waals surface area contributed by atoms with Gasteiger partial charge in [-0.25, -0.2) is 4.68 Å². The first-order valence-electron chi connectivity index (χ1n) is 10.1. The maximum atomic E-state index is 12.9. The molecule has 0 bridgehead atoms. The molecule has 1 aliphatic heterocycles. The van der Waals surface area contributed by atoms with E-state index in [0.29, 0.717) is 6.54 Å². The predicted octanol–water partition coefficient (Wildman–Crippen LogP) is 4.33. The second-order valence-electron chi connectivity index (χ2n) is 7.40. The van der Waals surface area contributed by atoms with Gasteiger partial charge in [0.2, 0.25) is 0 Å². The minimum atomic E-state index is 0.0169. The van der Waals surface area contributed by atoms with Gasteiger partial charge < -0.3 is 4.90 Å². The Morgan fingerprint density at radius 1 is 0.778 bits per heavy atom. The van der Waals surface area contributed by atoms with Crippen LogP contribution in [0.15, 0.2) is 59.4 Å². The second-order valence-corrected chi connectivity index (χ2v) is 7.40. The molecule has 0 saturated carbocycles. The molecule has 0 amide bonds. The first-order valence-corrected chi connectivity index (χ1v) is 10.1. The number of rotatable bonds is 6. The van der Waals surface area contributed by atoms with E-state index in [1.165, 1.54) is 32.4 Å². The normalized spacial score (nSPS) is 15.3. The lowest BCUT2D eigenvalue weighted by Crippen LogP contribution is -2.31. The number of nitrogens with zero attached hydrogens (tertiary/aromatic N) is 3. The number of aryl methyl sites for hydroxylation is 1. The van der Waals surface area contributed by atoms with E-state index in [9.17, 15) is 4.79 Å². The van der Waals surface area contributed by atoms with Crippen molar-refractivity contribution in [3.63, 3.8) is 0 Å². The monoisotopic (exact) mass is 361 g/mol. The van der Waals surface area contributed by atoms with Crippen molar-refractivity contribution in [1.82, 2.24) is 14.7 Å². The SMILES string of the molecule is O=c1c2ccccc2c(-c2ccccc2)nn1CCCCN1CCCCC1. The Bertz CT molecular complexity index is 943. The molecule has 1 aliphatic rings. The number of unbranched alkanes of at least 4 members (excludes halogenated alkanes) is 1.